The summed E-state index contributed by atoms with van der Waals surface area (Å²) in [6.45, 7) is 0.108. The Hall–Kier alpha value is -5.37. The van der Waals surface area contributed by atoms with Crippen molar-refractivity contribution in [3.63, 3.8) is 0 Å². The van der Waals surface area contributed by atoms with Crippen LogP contribution in [0.5, 0.6) is 0 Å². The second-order valence-electron chi connectivity index (χ2n) is 9.81. The number of methoxy groups -OCH3 is 2. The van der Waals surface area contributed by atoms with E-state index in [1.807, 2.05) is 66.7 Å². The standard InChI is InChI=1S/C33H37N5O6/c1-43-30(39)28(23-25-13-6-3-7-14-25)35-32(41)37(20-12-19-34)21-22-38(27-17-10-5-11-18-27)33(42)36-29(31(40)44-2)24-26-15-8-4-9-16-26/h3-11,13-18,28-29H,12,20-24H2,1-2H3,(H,35,41)(H,36,42)/t28-,29-/m1/s1. The lowest BCUT2D eigenvalue weighted by atomic mass is 10.1. The van der Waals surface area contributed by atoms with Crippen molar-refractivity contribution in [3.05, 3.63) is 102 Å². The Morgan fingerprint density at radius 2 is 1.14 bits per heavy atom. The number of carbonyl (C=O) groups excluding carboxylic acids is 4. The van der Waals surface area contributed by atoms with Crippen molar-refractivity contribution in [1.29, 1.82) is 5.26 Å². The lowest BCUT2D eigenvalue weighted by molar-refractivity contribution is -0.143. The second kappa shape index (κ2) is 17.6. The Balaban J connectivity index is 1.79. The summed E-state index contributed by atoms with van der Waals surface area (Å²) in [4.78, 5) is 55.0. The minimum atomic E-state index is -0.966. The molecule has 44 heavy (non-hydrogen) atoms. The fourth-order valence-electron chi connectivity index (χ4n) is 4.51. The van der Waals surface area contributed by atoms with Crippen molar-refractivity contribution in [1.82, 2.24) is 15.5 Å². The minimum Gasteiger partial charge on any atom is -0.467 e. The molecule has 2 N–H and O–H groups in total. The molecule has 4 amide bonds. The van der Waals surface area contributed by atoms with Gasteiger partial charge in [-0.05, 0) is 23.3 Å². The van der Waals surface area contributed by atoms with Crippen LogP contribution in [0.4, 0.5) is 15.3 Å². The van der Waals surface area contributed by atoms with Gasteiger partial charge in [-0.2, -0.15) is 5.26 Å². The number of nitriles is 1. The first-order chi connectivity index (χ1) is 21.4. The number of hydrogen-bond acceptors (Lipinski definition) is 7. The van der Waals surface area contributed by atoms with Crippen LogP contribution in [0.2, 0.25) is 0 Å². The Kier molecular flexibility index (Phi) is 13.2. The van der Waals surface area contributed by atoms with Crippen LogP contribution in [0.25, 0.3) is 0 Å². The van der Waals surface area contributed by atoms with E-state index in [-0.39, 0.29) is 38.9 Å². The summed E-state index contributed by atoms with van der Waals surface area (Å²) in [6, 6.07) is 26.2. The van der Waals surface area contributed by atoms with Gasteiger partial charge in [-0.1, -0.05) is 78.9 Å². The van der Waals surface area contributed by atoms with E-state index >= 15 is 0 Å². The molecule has 3 aromatic carbocycles. The second-order valence-corrected chi connectivity index (χ2v) is 9.81. The van der Waals surface area contributed by atoms with Gasteiger partial charge in [0.1, 0.15) is 12.1 Å². The molecule has 2 atom stereocenters. The first kappa shape index (κ1) is 33.1. The quantitative estimate of drug-likeness (QED) is 0.269. The normalized spacial score (nSPS) is 11.7. The third-order valence-corrected chi connectivity index (χ3v) is 6.82. The van der Waals surface area contributed by atoms with Gasteiger partial charge in [0.05, 0.1) is 26.7 Å². The van der Waals surface area contributed by atoms with Crippen LogP contribution in [-0.4, -0.2) is 74.8 Å². The number of ether oxygens (including phenoxy) is 2. The highest BCUT2D eigenvalue weighted by atomic mass is 16.5. The molecule has 0 saturated carbocycles. The molecular formula is C33H37N5O6. The van der Waals surface area contributed by atoms with Crippen molar-refractivity contribution in [2.45, 2.75) is 31.3 Å². The number of amides is 4. The van der Waals surface area contributed by atoms with Gasteiger partial charge in [-0.3, -0.25) is 4.90 Å². The highest BCUT2D eigenvalue weighted by Crippen LogP contribution is 2.15. The minimum absolute atomic E-state index is 0.0233. The molecule has 0 spiro atoms. The van der Waals surface area contributed by atoms with Crippen molar-refractivity contribution in [3.8, 4) is 6.07 Å². The van der Waals surface area contributed by atoms with Gasteiger partial charge in [0.25, 0.3) is 0 Å². The molecule has 0 saturated heterocycles. The summed E-state index contributed by atoms with van der Waals surface area (Å²) in [5.41, 5.74) is 2.20. The zero-order chi connectivity index (χ0) is 31.7. The van der Waals surface area contributed by atoms with E-state index in [1.54, 1.807) is 30.3 Å². The zero-order valence-electron chi connectivity index (χ0n) is 24.8. The average molecular weight is 600 g/mol. The monoisotopic (exact) mass is 599 g/mol. The van der Waals surface area contributed by atoms with E-state index in [9.17, 15) is 24.4 Å². The summed E-state index contributed by atoms with van der Waals surface area (Å²) >= 11 is 0. The van der Waals surface area contributed by atoms with E-state index in [0.717, 1.165) is 11.1 Å². The van der Waals surface area contributed by atoms with Crippen molar-refractivity contribution in [2.24, 2.45) is 0 Å². The first-order valence-electron chi connectivity index (χ1n) is 14.1. The number of nitrogens with zero attached hydrogens (tertiary/aromatic N) is 3. The molecule has 0 aromatic heterocycles. The zero-order valence-corrected chi connectivity index (χ0v) is 24.8. The highest BCUT2D eigenvalue weighted by molar-refractivity contribution is 5.95. The van der Waals surface area contributed by atoms with Gasteiger partial charge in [0, 0.05) is 38.2 Å². The summed E-state index contributed by atoms with van der Waals surface area (Å²) in [5, 5.41) is 14.7. The Morgan fingerprint density at radius 3 is 1.59 bits per heavy atom. The Bertz CT molecular complexity index is 1400. The number of benzene rings is 3. The van der Waals surface area contributed by atoms with Crippen LogP contribution in [0.3, 0.4) is 0 Å². The summed E-state index contributed by atoms with van der Waals surface area (Å²) in [5.74, 6) is -1.21. The highest BCUT2D eigenvalue weighted by Gasteiger charge is 2.28. The number of hydrogen-bond donors (Lipinski definition) is 2. The van der Waals surface area contributed by atoms with E-state index in [4.69, 9.17) is 9.47 Å². The van der Waals surface area contributed by atoms with Crippen LogP contribution in [0.15, 0.2) is 91.0 Å². The van der Waals surface area contributed by atoms with Crippen molar-refractivity contribution < 1.29 is 28.7 Å². The summed E-state index contributed by atoms with van der Waals surface area (Å²) < 4.78 is 9.87. The molecule has 3 aromatic rings. The molecule has 0 heterocycles. The largest absolute Gasteiger partial charge is 0.467 e. The fraction of sp³-hybridized carbons (Fsp3) is 0.303. The Morgan fingerprint density at radius 1 is 0.682 bits per heavy atom. The molecule has 0 aliphatic carbocycles. The average Bonchev–Trinajstić information content (AvgIpc) is 3.06. The van der Waals surface area contributed by atoms with E-state index in [0.29, 0.717) is 5.69 Å². The van der Waals surface area contributed by atoms with Gasteiger partial charge in [-0.15, -0.1) is 0 Å². The number of para-hydroxylation sites is 1. The van der Waals surface area contributed by atoms with Crippen molar-refractivity contribution >= 4 is 29.7 Å². The van der Waals surface area contributed by atoms with Gasteiger partial charge in [-0.25, -0.2) is 19.2 Å². The maximum Gasteiger partial charge on any atom is 0.328 e. The molecular weight excluding hydrogens is 562 g/mol. The third kappa shape index (κ3) is 10.2. The topological polar surface area (TPSA) is 141 Å². The van der Waals surface area contributed by atoms with Crippen LogP contribution >= 0.6 is 0 Å². The van der Waals surface area contributed by atoms with E-state index in [2.05, 4.69) is 10.6 Å². The van der Waals surface area contributed by atoms with Crippen LogP contribution in [-0.2, 0) is 31.9 Å². The number of anilines is 1. The molecule has 230 valence electrons. The smallest absolute Gasteiger partial charge is 0.328 e. The van der Waals surface area contributed by atoms with Gasteiger partial charge >= 0.3 is 24.0 Å². The van der Waals surface area contributed by atoms with Crippen LogP contribution in [0, 0.1) is 11.3 Å². The third-order valence-electron chi connectivity index (χ3n) is 6.82. The summed E-state index contributed by atoms with van der Waals surface area (Å²) in [7, 11) is 2.50. The van der Waals surface area contributed by atoms with Crippen LogP contribution < -0.4 is 15.5 Å². The van der Waals surface area contributed by atoms with Crippen molar-refractivity contribution in [2.75, 3.05) is 38.8 Å². The molecule has 11 heteroatoms. The predicted molar refractivity (Wildman–Crippen MR) is 165 cm³/mol. The SMILES string of the molecule is COC(=O)[C@@H](Cc1ccccc1)NC(=O)N(CCC#N)CCN(C(=O)N[C@H](Cc1ccccc1)C(=O)OC)c1ccccc1. The molecule has 0 bridgehead atoms. The molecule has 0 unspecified atom stereocenters. The molecule has 0 radical (unpaired) electrons. The number of nitrogens with one attached hydrogen (secondary N) is 2. The molecule has 0 fully saturated rings. The fourth-order valence-corrected chi connectivity index (χ4v) is 4.51. The molecule has 0 aliphatic heterocycles. The maximum atomic E-state index is 13.6. The molecule has 0 aliphatic rings. The number of carbonyl (C=O) groups is 4. The first-order valence-corrected chi connectivity index (χ1v) is 14.1. The number of rotatable bonds is 14. The Labute approximate surface area is 257 Å². The van der Waals surface area contributed by atoms with Gasteiger partial charge < -0.3 is 25.0 Å². The molecule has 11 nitrogen and oxygen atoms in total. The van der Waals surface area contributed by atoms with E-state index < -0.39 is 36.1 Å². The van der Waals surface area contributed by atoms with Gasteiger partial charge in [0.15, 0.2) is 0 Å². The van der Waals surface area contributed by atoms with Crippen LogP contribution in [0.1, 0.15) is 17.5 Å². The lowest BCUT2D eigenvalue weighted by Gasteiger charge is -2.30. The molecule has 3 rings (SSSR count). The van der Waals surface area contributed by atoms with E-state index in [1.165, 1.54) is 24.0 Å². The number of esters is 2. The number of urea groups is 2. The predicted octanol–water partition coefficient (Wildman–Crippen LogP) is 3.70. The van der Waals surface area contributed by atoms with Gasteiger partial charge in [0.2, 0.25) is 0 Å². The lowest BCUT2D eigenvalue weighted by Crippen LogP contribution is -2.53. The maximum absolute atomic E-state index is 13.6. The summed E-state index contributed by atoms with van der Waals surface area (Å²) in [6.07, 6.45) is 0.461.